The van der Waals surface area contributed by atoms with Crippen LogP contribution in [0.5, 0.6) is 5.75 Å². The minimum absolute atomic E-state index is 0.0144. The van der Waals surface area contributed by atoms with Crippen LogP contribution >= 0.6 is 0 Å². The second-order valence-corrected chi connectivity index (χ2v) is 8.38. The van der Waals surface area contributed by atoms with Crippen molar-refractivity contribution in [2.45, 2.75) is 25.3 Å². The highest BCUT2D eigenvalue weighted by molar-refractivity contribution is 5.83. The quantitative estimate of drug-likeness (QED) is 0.805. The zero-order valence-electron chi connectivity index (χ0n) is 17.1. The van der Waals surface area contributed by atoms with E-state index in [0.717, 1.165) is 57.7 Å². The number of hydrogen-bond acceptors (Lipinski definition) is 4. The number of para-hydroxylation sites is 1. The van der Waals surface area contributed by atoms with E-state index in [4.69, 9.17) is 4.74 Å². The number of piperazine rings is 1. The zero-order chi connectivity index (χ0) is 19.8. The van der Waals surface area contributed by atoms with Gasteiger partial charge in [0.05, 0.1) is 19.1 Å². The Kier molecular flexibility index (Phi) is 4.82. The summed E-state index contributed by atoms with van der Waals surface area (Å²) in [6, 6.07) is 17.1. The van der Waals surface area contributed by atoms with Gasteiger partial charge in [0.25, 0.3) is 0 Å². The van der Waals surface area contributed by atoms with Crippen molar-refractivity contribution < 1.29 is 9.53 Å². The SMILES string of the molecule is COc1ccc2c(c1)N1CCN(c3ccccc3)C[C@H]1[C@@H](C(=O)N1CCCC1)C2. The normalized spacial score (nSPS) is 23.6. The lowest BCUT2D eigenvalue weighted by molar-refractivity contribution is -0.135. The second-order valence-electron chi connectivity index (χ2n) is 8.38. The van der Waals surface area contributed by atoms with Gasteiger partial charge in [0.15, 0.2) is 0 Å². The summed E-state index contributed by atoms with van der Waals surface area (Å²) in [4.78, 5) is 20.5. The monoisotopic (exact) mass is 391 g/mol. The number of likely N-dealkylation sites (tertiary alicyclic amines) is 1. The van der Waals surface area contributed by atoms with Crippen molar-refractivity contribution in [2.75, 3.05) is 49.6 Å². The lowest BCUT2D eigenvalue weighted by atomic mass is 9.83. The molecular formula is C24H29N3O2. The summed E-state index contributed by atoms with van der Waals surface area (Å²) in [7, 11) is 1.72. The minimum Gasteiger partial charge on any atom is -0.497 e. The average molecular weight is 392 g/mol. The van der Waals surface area contributed by atoms with E-state index in [1.807, 2.05) is 6.07 Å². The molecule has 5 heteroatoms. The molecule has 0 N–H and O–H groups in total. The van der Waals surface area contributed by atoms with E-state index >= 15 is 0 Å². The van der Waals surface area contributed by atoms with Gasteiger partial charge in [-0.3, -0.25) is 4.79 Å². The van der Waals surface area contributed by atoms with Crippen LogP contribution in [-0.2, 0) is 11.2 Å². The summed E-state index contributed by atoms with van der Waals surface area (Å²) >= 11 is 0. The van der Waals surface area contributed by atoms with Crippen molar-refractivity contribution in [1.29, 1.82) is 0 Å². The molecule has 2 aromatic rings. The fourth-order valence-electron chi connectivity index (χ4n) is 5.23. The molecule has 0 aliphatic carbocycles. The van der Waals surface area contributed by atoms with Crippen LogP contribution in [0, 0.1) is 5.92 Å². The van der Waals surface area contributed by atoms with Gasteiger partial charge in [-0.15, -0.1) is 0 Å². The molecule has 3 heterocycles. The van der Waals surface area contributed by atoms with Gasteiger partial charge in [-0.1, -0.05) is 24.3 Å². The highest BCUT2D eigenvalue weighted by atomic mass is 16.5. The zero-order valence-corrected chi connectivity index (χ0v) is 17.1. The number of carbonyl (C=O) groups is 1. The van der Waals surface area contributed by atoms with Crippen LogP contribution in [-0.4, -0.2) is 56.7 Å². The molecule has 0 spiro atoms. The first-order chi connectivity index (χ1) is 14.2. The molecule has 29 heavy (non-hydrogen) atoms. The molecule has 0 radical (unpaired) electrons. The first-order valence-electron chi connectivity index (χ1n) is 10.8. The van der Waals surface area contributed by atoms with Crippen molar-refractivity contribution in [1.82, 2.24) is 4.90 Å². The van der Waals surface area contributed by atoms with Crippen LogP contribution in [0.1, 0.15) is 18.4 Å². The van der Waals surface area contributed by atoms with Crippen LogP contribution in [0.2, 0.25) is 0 Å². The van der Waals surface area contributed by atoms with E-state index in [0.29, 0.717) is 5.91 Å². The molecule has 2 aromatic carbocycles. The molecule has 3 aliphatic rings. The maximum absolute atomic E-state index is 13.5. The molecule has 2 fully saturated rings. The van der Waals surface area contributed by atoms with Crippen molar-refractivity contribution in [3.8, 4) is 5.75 Å². The van der Waals surface area contributed by atoms with Gasteiger partial charge < -0.3 is 19.4 Å². The number of carbonyl (C=O) groups excluding carboxylic acids is 1. The first-order valence-corrected chi connectivity index (χ1v) is 10.8. The van der Waals surface area contributed by atoms with Crippen molar-refractivity contribution >= 4 is 17.3 Å². The highest BCUT2D eigenvalue weighted by Gasteiger charge is 2.43. The highest BCUT2D eigenvalue weighted by Crippen LogP contribution is 2.39. The fourth-order valence-corrected chi connectivity index (χ4v) is 5.23. The topological polar surface area (TPSA) is 36.0 Å². The van der Waals surface area contributed by atoms with Gasteiger partial charge in [-0.25, -0.2) is 0 Å². The Balaban J connectivity index is 1.49. The van der Waals surface area contributed by atoms with E-state index in [2.05, 4.69) is 57.2 Å². The third-order valence-corrected chi connectivity index (χ3v) is 6.78. The number of anilines is 2. The average Bonchev–Trinajstić information content (AvgIpc) is 3.33. The lowest BCUT2D eigenvalue weighted by Crippen LogP contribution is -2.61. The molecular weight excluding hydrogens is 362 g/mol. The van der Waals surface area contributed by atoms with Gasteiger partial charge in [-0.05, 0) is 43.0 Å². The summed E-state index contributed by atoms with van der Waals surface area (Å²) < 4.78 is 5.49. The number of methoxy groups -OCH3 is 1. The van der Waals surface area contributed by atoms with Crippen LogP contribution in [0.25, 0.3) is 0 Å². The van der Waals surface area contributed by atoms with Gasteiger partial charge >= 0.3 is 0 Å². The number of nitrogens with zero attached hydrogens (tertiary/aromatic N) is 3. The number of fused-ring (bicyclic) bond motifs is 3. The molecule has 5 rings (SSSR count). The van der Waals surface area contributed by atoms with Crippen LogP contribution in [0.3, 0.4) is 0 Å². The molecule has 1 amide bonds. The number of benzene rings is 2. The molecule has 152 valence electrons. The molecule has 5 nitrogen and oxygen atoms in total. The molecule has 2 atom stereocenters. The van der Waals surface area contributed by atoms with Gasteiger partial charge in [0.2, 0.25) is 5.91 Å². The standard InChI is InChI=1S/C24H29N3O2/c1-29-20-10-9-18-15-21(24(28)25-11-5-6-12-25)23-17-26(19-7-3-2-4-8-19)13-14-27(23)22(18)16-20/h2-4,7-10,16,21,23H,5-6,11-15,17H2,1H3/t21-,23-/m0/s1. The molecule has 0 saturated carbocycles. The largest absolute Gasteiger partial charge is 0.497 e. The first kappa shape index (κ1) is 18.3. The third kappa shape index (κ3) is 3.33. The Labute approximate surface area is 172 Å². The summed E-state index contributed by atoms with van der Waals surface area (Å²) in [5.41, 5.74) is 3.76. The predicted octanol–water partition coefficient (Wildman–Crippen LogP) is 3.19. The second kappa shape index (κ2) is 7.62. The van der Waals surface area contributed by atoms with E-state index in [-0.39, 0.29) is 12.0 Å². The number of hydrogen-bond donors (Lipinski definition) is 0. The smallest absolute Gasteiger partial charge is 0.228 e. The van der Waals surface area contributed by atoms with Gasteiger partial charge in [-0.2, -0.15) is 0 Å². The maximum Gasteiger partial charge on any atom is 0.228 e. The number of rotatable bonds is 3. The molecule has 2 saturated heterocycles. The van der Waals surface area contributed by atoms with Crippen molar-refractivity contribution in [3.05, 3.63) is 54.1 Å². The Hall–Kier alpha value is -2.69. The molecule has 0 bridgehead atoms. The van der Waals surface area contributed by atoms with Crippen LogP contribution in [0.15, 0.2) is 48.5 Å². The minimum atomic E-state index is 0.0144. The van der Waals surface area contributed by atoms with E-state index in [1.54, 1.807) is 7.11 Å². The van der Waals surface area contributed by atoms with E-state index in [1.165, 1.54) is 16.9 Å². The van der Waals surface area contributed by atoms with E-state index < -0.39 is 0 Å². The summed E-state index contributed by atoms with van der Waals surface area (Å²) in [6.07, 6.45) is 3.09. The number of ether oxygens (including phenoxy) is 1. The molecule has 0 aromatic heterocycles. The van der Waals surface area contributed by atoms with Crippen molar-refractivity contribution in [3.63, 3.8) is 0 Å². The third-order valence-electron chi connectivity index (χ3n) is 6.78. The van der Waals surface area contributed by atoms with Gasteiger partial charge in [0.1, 0.15) is 5.75 Å². The Morgan fingerprint density at radius 2 is 1.79 bits per heavy atom. The van der Waals surface area contributed by atoms with E-state index in [9.17, 15) is 4.79 Å². The fraction of sp³-hybridized carbons (Fsp3) is 0.458. The van der Waals surface area contributed by atoms with Crippen LogP contribution in [0.4, 0.5) is 11.4 Å². The summed E-state index contributed by atoms with van der Waals surface area (Å²) in [6.45, 7) is 4.59. The molecule has 3 aliphatic heterocycles. The number of amides is 1. The Bertz CT molecular complexity index is 879. The van der Waals surface area contributed by atoms with Gasteiger partial charge in [0, 0.05) is 50.2 Å². The summed E-state index contributed by atoms with van der Waals surface area (Å²) in [5, 5.41) is 0. The van der Waals surface area contributed by atoms with Crippen LogP contribution < -0.4 is 14.5 Å². The molecule has 0 unspecified atom stereocenters. The Morgan fingerprint density at radius 1 is 1.00 bits per heavy atom. The Morgan fingerprint density at radius 3 is 2.55 bits per heavy atom. The lowest BCUT2D eigenvalue weighted by Gasteiger charge is -2.50. The van der Waals surface area contributed by atoms with Crippen molar-refractivity contribution in [2.24, 2.45) is 5.92 Å². The summed E-state index contributed by atoms with van der Waals surface area (Å²) in [5.74, 6) is 1.24. The predicted molar refractivity (Wildman–Crippen MR) is 116 cm³/mol. The maximum atomic E-state index is 13.5.